The van der Waals surface area contributed by atoms with Crippen LogP contribution in [0.15, 0.2) is 35.4 Å². The van der Waals surface area contributed by atoms with Crippen molar-refractivity contribution in [3.05, 3.63) is 39.8 Å². The Kier molecular flexibility index (Phi) is 5.07. The third kappa shape index (κ3) is 4.41. The molecule has 0 saturated carbocycles. The zero-order chi connectivity index (χ0) is 13.7. The first-order valence-electron chi connectivity index (χ1n) is 5.49. The van der Waals surface area contributed by atoms with Crippen LogP contribution in [0.3, 0.4) is 0 Å². The molecule has 2 aromatic rings. The predicted octanol–water partition coefficient (Wildman–Crippen LogP) is 2.99. The molecule has 19 heavy (non-hydrogen) atoms. The third-order valence-corrected chi connectivity index (χ3v) is 4.42. The lowest BCUT2D eigenvalue weighted by Gasteiger charge is -2.09. The standard InChI is InChI=1S/C12H12ClN3OS2/c13-10-5-16-12(19-10)6-15-8-3-1-2-4-9(8)18-7-11(14)17/h1-5,15H,6-7H2,(H2,14,17). The van der Waals surface area contributed by atoms with Crippen LogP contribution in [-0.4, -0.2) is 16.6 Å². The molecular weight excluding hydrogens is 302 g/mol. The van der Waals surface area contributed by atoms with Crippen LogP contribution in [0.4, 0.5) is 5.69 Å². The Balaban J connectivity index is 2.01. The number of thiazole rings is 1. The van der Waals surface area contributed by atoms with Gasteiger partial charge in [0.1, 0.15) is 9.34 Å². The van der Waals surface area contributed by atoms with Crippen LogP contribution in [0, 0.1) is 0 Å². The number of hydrogen-bond acceptors (Lipinski definition) is 5. The highest BCUT2D eigenvalue weighted by atomic mass is 35.5. The van der Waals surface area contributed by atoms with Crippen LogP contribution in [-0.2, 0) is 11.3 Å². The van der Waals surface area contributed by atoms with Gasteiger partial charge in [-0.05, 0) is 12.1 Å². The number of aromatic nitrogens is 1. The molecule has 0 aliphatic heterocycles. The topological polar surface area (TPSA) is 68.0 Å². The molecule has 0 saturated heterocycles. The fourth-order valence-electron chi connectivity index (χ4n) is 1.43. The number of para-hydroxylation sites is 1. The number of hydrogen-bond donors (Lipinski definition) is 2. The van der Waals surface area contributed by atoms with E-state index < -0.39 is 0 Å². The van der Waals surface area contributed by atoms with Crippen LogP contribution in [0.1, 0.15) is 5.01 Å². The van der Waals surface area contributed by atoms with E-state index in [2.05, 4.69) is 10.3 Å². The van der Waals surface area contributed by atoms with E-state index in [-0.39, 0.29) is 11.7 Å². The number of carbonyl (C=O) groups excluding carboxylic acids is 1. The average Bonchev–Trinajstić information content (AvgIpc) is 2.80. The van der Waals surface area contributed by atoms with Crippen LogP contribution >= 0.6 is 34.7 Å². The number of halogens is 1. The number of nitrogens with zero attached hydrogens (tertiary/aromatic N) is 1. The summed E-state index contributed by atoms with van der Waals surface area (Å²) in [5, 5.41) is 4.20. The van der Waals surface area contributed by atoms with Gasteiger partial charge in [0, 0.05) is 10.6 Å². The second kappa shape index (κ2) is 6.79. The maximum atomic E-state index is 10.8. The highest BCUT2D eigenvalue weighted by Gasteiger charge is 2.05. The quantitative estimate of drug-likeness (QED) is 0.804. The zero-order valence-electron chi connectivity index (χ0n) is 9.93. The van der Waals surface area contributed by atoms with Crippen molar-refractivity contribution >= 4 is 46.3 Å². The van der Waals surface area contributed by atoms with E-state index in [1.807, 2.05) is 24.3 Å². The monoisotopic (exact) mass is 313 g/mol. The first-order chi connectivity index (χ1) is 9.15. The maximum absolute atomic E-state index is 10.8. The lowest BCUT2D eigenvalue weighted by atomic mass is 10.3. The molecular formula is C12H12ClN3OS2. The number of carbonyl (C=O) groups is 1. The van der Waals surface area contributed by atoms with Crippen LogP contribution in [0.5, 0.6) is 0 Å². The smallest absolute Gasteiger partial charge is 0.227 e. The van der Waals surface area contributed by atoms with Gasteiger partial charge in [-0.3, -0.25) is 4.79 Å². The predicted molar refractivity (Wildman–Crippen MR) is 80.8 cm³/mol. The Morgan fingerprint density at radius 1 is 1.47 bits per heavy atom. The van der Waals surface area contributed by atoms with Crippen molar-refractivity contribution in [1.82, 2.24) is 4.98 Å². The van der Waals surface area contributed by atoms with Crippen molar-refractivity contribution in [2.24, 2.45) is 5.73 Å². The molecule has 3 N–H and O–H groups in total. The van der Waals surface area contributed by atoms with Crippen molar-refractivity contribution in [2.75, 3.05) is 11.1 Å². The second-order valence-electron chi connectivity index (χ2n) is 3.66. The molecule has 4 nitrogen and oxygen atoms in total. The SMILES string of the molecule is NC(=O)CSc1ccccc1NCc1ncc(Cl)s1. The Bertz CT molecular complexity index is 574. The first-order valence-corrected chi connectivity index (χ1v) is 7.67. The number of anilines is 1. The van der Waals surface area contributed by atoms with Crippen LogP contribution in [0.2, 0.25) is 4.34 Å². The molecule has 0 aliphatic rings. The molecule has 2 rings (SSSR count). The molecule has 1 aromatic carbocycles. The Morgan fingerprint density at radius 2 is 2.26 bits per heavy atom. The number of amides is 1. The van der Waals surface area contributed by atoms with Crippen molar-refractivity contribution in [2.45, 2.75) is 11.4 Å². The summed E-state index contributed by atoms with van der Waals surface area (Å²) in [4.78, 5) is 16.0. The third-order valence-electron chi connectivity index (χ3n) is 2.21. The molecule has 1 heterocycles. The summed E-state index contributed by atoms with van der Waals surface area (Å²) in [6, 6.07) is 7.77. The van der Waals surface area contributed by atoms with E-state index in [0.29, 0.717) is 10.9 Å². The minimum absolute atomic E-state index is 0.266. The van der Waals surface area contributed by atoms with Gasteiger partial charge < -0.3 is 11.1 Å². The number of nitrogens with two attached hydrogens (primary N) is 1. The molecule has 0 bridgehead atoms. The van der Waals surface area contributed by atoms with E-state index in [9.17, 15) is 4.79 Å². The average molecular weight is 314 g/mol. The van der Waals surface area contributed by atoms with Gasteiger partial charge in [0.15, 0.2) is 0 Å². The molecule has 0 spiro atoms. The number of thioether (sulfide) groups is 1. The summed E-state index contributed by atoms with van der Waals surface area (Å²) >= 11 is 8.69. The van der Waals surface area contributed by atoms with Crippen LogP contribution < -0.4 is 11.1 Å². The minimum Gasteiger partial charge on any atom is -0.378 e. The Labute approximate surface area is 124 Å². The summed E-state index contributed by atoms with van der Waals surface area (Å²) < 4.78 is 0.674. The fourth-order valence-corrected chi connectivity index (χ4v) is 3.09. The van der Waals surface area contributed by atoms with Crippen molar-refractivity contribution < 1.29 is 4.79 Å². The van der Waals surface area contributed by atoms with Crippen molar-refractivity contribution in [3.8, 4) is 0 Å². The number of benzene rings is 1. The largest absolute Gasteiger partial charge is 0.378 e. The summed E-state index contributed by atoms with van der Waals surface area (Å²) in [6.07, 6.45) is 1.64. The molecule has 0 fully saturated rings. The fraction of sp³-hybridized carbons (Fsp3) is 0.167. The van der Waals surface area contributed by atoms with Gasteiger partial charge in [-0.15, -0.1) is 23.1 Å². The molecule has 1 amide bonds. The van der Waals surface area contributed by atoms with Crippen molar-refractivity contribution in [3.63, 3.8) is 0 Å². The van der Waals surface area contributed by atoms with Gasteiger partial charge in [-0.1, -0.05) is 23.7 Å². The van der Waals surface area contributed by atoms with Gasteiger partial charge in [-0.2, -0.15) is 0 Å². The van der Waals surface area contributed by atoms with Crippen molar-refractivity contribution in [1.29, 1.82) is 0 Å². The van der Waals surface area contributed by atoms with E-state index >= 15 is 0 Å². The van der Waals surface area contributed by atoms with Gasteiger partial charge in [0.2, 0.25) is 5.91 Å². The minimum atomic E-state index is -0.327. The van der Waals surface area contributed by atoms with E-state index in [1.165, 1.54) is 23.1 Å². The summed E-state index contributed by atoms with van der Waals surface area (Å²) in [5.74, 6) is -0.0617. The molecule has 7 heteroatoms. The van der Waals surface area contributed by atoms with Gasteiger partial charge in [0.05, 0.1) is 18.5 Å². The second-order valence-corrected chi connectivity index (χ2v) is 6.43. The van der Waals surface area contributed by atoms with E-state index in [4.69, 9.17) is 17.3 Å². The van der Waals surface area contributed by atoms with E-state index in [1.54, 1.807) is 6.20 Å². The van der Waals surface area contributed by atoms with Gasteiger partial charge in [0.25, 0.3) is 0 Å². The molecule has 1 aromatic heterocycles. The number of nitrogens with one attached hydrogen (secondary N) is 1. The highest BCUT2D eigenvalue weighted by molar-refractivity contribution is 8.00. The maximum Gasteiger partial charge on any atom is 0.227 e. The summed E-state index contributed by atoms with van der Waals surface area (Å²) in [5.41, 5.74) is 6.11. The molecule has 0 unspecified atom stereocenters. The Morgan fingerprint density at radius 3 is 2.95 bits per heavy atom. The molecule has 0 aliphatic carbocycles. The number of rotatable bonds is 6. The molecule has 100 valence electrons. The number of primary amides is 1. The Hall–Kier alpha value is -1.24. The van der Waals surface area contributed by atoms with Crippen LogP contribution in [0.25, 0.3) is 0 Å². The zero-order valence-corrected chi connectivity index (χ0v) is 12.3. The summed E-state index contributed by atoms with van der Waals surface area (Å²) in [7, 11) is 0. The first kappa shape index (κ1) is 14.2. The normalized spacial score (nSPS) is 10.4. The van der Waals surface area contributed by atoms with E-state index in [0.717, 1.165) is 15.6 Å². The lowest BCUT2D eigenvalue weighted by molar-refractivity contribution is -0.115. The molecule has 0 radical (unpaired) electrons. The van der Waals surface area contributed by atoms with Gasteiger partial charge >= 0.3 is 0 Å². The molecule has 0 atom stereocenters. The lowest BCUT2D eigenvalue weighted by Crippen LogP contribution is -2.13. The highest BCUT2D eigenvalue weighted by Crippen LogP contribution is 2.27. The van der Waals surface area contributed by atoms with Gasteiger partial charge in [-0.25, -0.2) is 4.98 Å². The summed E-state index contributed by atoms with van der Waals surface area (Å²) in [6.45, 7) is 0.603.